The molecule has 1 aromatic heterocycles. The molecule has 118 valence electrons. The van der Waals surface area contributed by atoms with E-state index in [9.17, 15) is 8.42 Å². The van der Waals surface area contributed by atoms with Crippen LogP contribution in [0.15, 0.2) is 4.90 Å². The largest absolute Gasteiger partial charge is 0.281 e. The highest BCUT2D eigenvalue weighted by atomic mass is 35.5. The number of rotatable bonds is 3. The van der Waals surface area contributed by atoms with Gasteiger partial charge >= 0.3 is 0 Å². The number of halogens is 1. The Labute approximate surface area is 131 Å². The van der Waals surface area contributed by atoms with E-state index in [1.165, 1.54) is 25.7 Å². The maximum Gasteiger partial charge on any atom is 0.246 e. The second-order valence-electron chi connectivity index (χ2n) is 6.37. The third-order valence-corrected chi connectivity index (χ3v) is 7.49. The van der Waals surface area contributed by atoms with Crippen LogP contribution in [0.25, 0.3) is 0 Å². The summed E-state index contributed by atoms with van der Waals surface area (Å²) in [6.07, 6.45) is 7.09. The van der Waals surface area contributed by atoms with Crippen LogP contribution < -0.4 is 0 Å². The molecule has 2 aliphatic rings. The third kappa shape index (κ3) is 2.62. The monoisotopic (exact) mass is 331 g/mol. The van der Waals surface area contributed by atoms with E-state index in [-0.39, 0.29) is 10.8 Å². The van der Waals surface area contributed by atoms with Crippen LogP contribution in [0.3, 0.4) is 0 Å². The van der Waals surface area contributed by atoms with Crippen molar-refractivity contribution in [1.82, 2.24) is 14.5 Å². The third-order valence-electron chi connectivity index (χ3n) is 5.13. The predicted octanol–water partition coefficient (Wildman–Crippen LogP) is 2.80. The minimum Gasteiger partial charge on any atom is -0.281 e. The van der Waals surface area contributed by atoms with Crippen LogP contribution in [-0.4, -0.2) is 36.0 Å². The summed E-state index contributed by atoms with van der Waals surface area (Å²) in [6, 6.07) is 0. The predicted molar refractivity (Wildman–Crippen MR) is 81.8 cm³/mol. The average molecular weight is 332 g/mol. The smallest absolute Gasteiger partial charge is 0.246 e. The Morgan fingerprint density at radius 3 is 2.43 bits per heavy atom. The molecule has 1 aliphatic heterocycles. The number of nitrogens with zero attached hydrogens (tertiary/aromatic N) is 2. The van der Waals surface area contributed by atoms with Gasteiger partial charge in [-0.05, 0) is 38.0 Å². The van der Waals surface area contributed by atoms with Gasteiger partial charge in [-0.2, -0.15) is 9.40 Å². The van der Waals surface area contributed by atoms with E-state index in [1.54, 1.807) is 11.2 Å². The fourth-order valence-corrected chi connectivity index (χ4v) is 5.90. The van der Waals surface area contributed by atoms with Gasteiger partial charge in [0.1, 0.15) is 4.90 Å². The average Bonchev–Trinajstić information content (AvgIpc) is 3.06. The van der Waals surface area contributed by atoms with Crippen molar-refractivity contribution in [2.45, 2.75) is 56.2 Å². The van der Waals surface area contributed by atoms with Crippen molar-refractivity contribution in [3.8, 4) is 0 Å². The molecule has 1 saturated heterocycles. The van der Waals surface area contributed by atoms with Gasteiger partial charge in [-0.25, -0.2) is 8.42 Å². The first-order valence-corrected chi connectivity index (χ1v) is 9.56. The number of alkyl halides is 1. The zero-order valence-corrected chi connectivity index (χ0v) is 13.9. The van der Waals surface area contributed by atoms with Crippen molar-refractivity contribution in [2.75, 3.05) is 13.1 Å². The molecule has 5 nitrogen and oxygen atoms in total. The molecule has 1 aromatic rings. The molecule has 0 unspecified atom stereocenters. The van der Waals surface area contributed by atoms with Gasteiger partial charge in [0, 0.05) is 13.1 Å². The summed E-state index contributed by atoms with van der Waals surface area (Å²) in [7, 11) is -3.48. The minimum absolute atomic E-state index is 0.108. The molecule has 2 heterocycles. The summed E-state index contributed by atoms with van der Waals surface area (Å²) in [5.74, 6) is 0.108. The highest BCUT2D eigenvalue weighted by Crippen LogP contribution is 2.46. The molecule has 21 heavy (non-hydrogen) atoms. The summed E-state index contributed by atoms with van der Waals surface area (Å²) in [4.78, 5) is 0.278. The molecule has 7 heteroatoms. The van der Waals surface area contributed by atoms with Crippen LogP contribution in [0, 0.1) is 12.3 Å². The van der Waals surface area contributed by atoms with E-state index < -0.39 is 10.0 Å². The SMILES string of the molecule is Cc1[nH]nc(CCl)c1S(=O)(=O)N1CCC2(CCCC2)CC1. The zero-order valence-electron chi connectivity index (χ0n) is 12.4. The Morgan fingerprint density at radius 1 is 1.24 bits per heavy atom. The van der Waals surface area contributed by atoms with Gasteiger partial charge in [0.25, 0.3) is 0 Å². The molecule has 1 aliphatic carbocycles. The molecule has 0 aromatic carbocycles. The van der Waals surface area contributed by atoms with Crippen LogP contribution in [0.1, 0.15) is 49.9 Å². The quantitative estimate of drug-likeness (QED) is 0.866. The Morgan fingerprint density at radius 2 is 1.86 bits per heavy atom. The van der Waals surface area contributed by atoms with Gasteiger partial charge in [-0.15, -0.1) is 11.6 Å². The van der Waals surface area contributed by atoms with Gasteiger partial charge < -0.3 is 0 Å². The van der Waals surface area contributed by atoms with E-state index in [0.717, 1.165) is 12.8 Å². The van der Waals surface area contributed by atoms with E-state index in [2.05, 4.69) is 10.2 Å². The Hall–Kier alpha value is -0.590. The number of sulfonamides is 1. The lowest BCUT2D eigenvalue weighted by Crippen LogP contribution is -2.42. The van der Waals surface area contributed by atoms with Gasteiger partial charge in [0.05, 0.1) is 17.3 Å². The van der Waals surface area contributed by atoms with E-state index in [1.807, 2.05) is 0 Å². The molecule has 0 bridgehead atoms. The lowest BCUT2D eigenvalue weighted by molar-refractivity contribution is 0.160. The first-order chi connectivity index (χ1) is 9.98. The van der Waals surface area contributed by atoms with Crippen molar-refractivity contribution < 1.29 is 8.42 Å². The number of piperidine rings is 1. The molecule has 1 spiro atoms. The van der Waals surface area contributed by atoms with Crippen molar-refractivity contribution in [3.63, 3.8) is 0 Å². The van der Waals surface area contributed by atoms with E-state index >= 15 is 0 Å². The minimum atomic E-state index is -3.48. The number of aromatic nitrogens is 2. The number of aromatic amines is 1. The maximum absolute atomic E-state index is 12.9. The van der Waals surface area contributed by atoms with Crippen LogP contribution in [0.5, 0.6) is 0 Å². The molecule has 0 atom stereocenters. The highest BCUT2D eigenvalue weighted by molar-refractivity contribution is 7.89. The van der Waals surface area contributed by atoms with Crippen molar-refractivity contribution in [2.24, 2.45) is 5.41 Å². The van der Waals surface area contributed by atoms with Crippen LogP contribution in [0.2, 0.25) is 0 Å². The van der Waals surface area contributed by atoms with Gasteiger partial charge in [0.15, 0.2) is 0 Å². The maximum atomic E-state index is 12.9. The first kappa shape index (κ1) is 15.3. The molecular weight excluding hydrogens is 310 g/mol. The molecule has 3 rings (SSSR count). The standard InChI is InChI=1S/C14H22ClN3O2S/c1-11-13(12(10-15)17-16-11)21(19,20)18-8-6-14(7-9-18)4-2-3-5-14/h2-10H2,1H3,(H,16,17). The second-order valence-corrected chi connectivity index (χ2v) is 8.51. The molecule has 1 saturated carbocycles. The number of nitrogens with one attached hydrogen (secondary N) is 1. The Kier molecular flexibility index (Phi) is 4.05. The lowest BCUT2D eigenvalue weighted by Gasteiger charge is -2.38. The van der Waals surface area contributed by atoms with Gasteiger partial charge in [0.2, 0.25) is 10.0 Å². The lowest BCUT2D eigenvalue weighted by atomic mass is 9.78. The highest BCUT2D eigenvalue weighted by Gasteiger charge is 2.41. The molecule has 1 N–H and O–H groups in total. The summed E-state index contributed by atoms with van der Waals surface area (Å²) >= 11 is 5.82. The van der Waals surface area contributed by atoms with Gasteiger partial charge in [-0.1, -0.05) is 12.8 Å². The molecule has 0 radical (unpaired) electrons. The number of aryl methyl sites for hydroxylation is 1. The fourth-order valence-electron chi connectivity index (χ4n) is 3.86. The first-order valence-electron chi connectivity index (χ1n) is 7.58. The molecule has 2 fully saturated rings. The van der Waals surface area contributed by atoms with Crippen LogP contribution in [-0.2, 0) is 15.9 Å². The number of H-pyrrole nitrogens is 1. The van der Waals surface area contributed by atoms with Crippen LogP contribution in [0.4, 0.5) is 0 Å². The van der Waals surface area contributed by atoms with Gasteiger partial charge in [-0.3, -0.25) is 5.10 Å². The van der Waals surface area contributed by atoms with E-state index in [0.29, 0.717) is 29.9 Å². The zero-order chi connectivity index (χ0) is 15.1. The van der Waals surface area contributed by atoms with E-state index in [4.69, 9.17) is 11.6 Å². The Balaban J connectivity index is 1.82. The Bertz CT molecular complexity index is 610. The topological polar surface area (TPSA) is 66.1 Å². The second kappa shape index (κ2) is 5.56. The van der Waals surface area contributed by atoms with Crippen LogP contribution >= 0.6 is 11.6 Å². The summed E-state index contributed by atoms with van der Waals surface area (Å²) < 4.78 is 27.3. The van der Waals surface area contributed by atoms with Crippen molar-refractivity contribution in [1.29, 1.82) is 0 Å². The molecular formula is C14H22ClN3O2S. The fraction of sp³-hybridized carbons (Fsp3) is 0.786. The summed E-state index contributed by atoms with van der Waals surface area (Å²) in [5, 5.41) is 6.75. The number of hydrogen-bond donors (Lipinski definition) is 1. The summed E-state index contributed by atoms with van der Waals surface area (Å²) in [5.41, 5.74) is 1.41. The summed E-state index contributed by atoms with van der Waals surface area (Å²) in [6.45, 7) is 2.97. The van der Waals surface area contributed by atoms with Crippen molar-refractivity contribution in [3.05, 3.63) is 11.4 Å². The normalized spacial score (nSPS) is 23.0. The number of hydrogen-bond acceptors (Lipinski definition) is 3. The van der Waals surface area contributed by atoms with Crippen molar-refractivity contribution >= 4 is 21.6 Å². The molecule has 0 amide bonds.